The van der Waals surface area contributed by atoms with Gasteiger partial charge in [0.05, 0.1) is 12.7 Å². The number of carbonyl (C=O) groups excluding carboxylic acids is 1. The van der Waals surface area contributed by atoms with Gasteiger partial charge in [-0.1, -0.05) is 48.5 Å². The molecule has 2 aliphatic rings. The molecule has 2 heterocycles. The summed E-state index contributed by atoms with van der Waals surface area (Å²) in [4.78, 5) is 15.3. The van der Waals surface area contributed by atoms with Crippen molar-refractivity contribution in [3.05, 3.63) is 71.3 Å². The fourth-order valence-electron chi connectivity index (χ4n) is 4.19. The maximum absolute atomic E-state index is 12.8. The summed E-state index contributed by atoms with van der Waals surface area (Å²) < 4.78 is 5.96. The molecule has 1 amide bonds. The highest BCUT2D eigenvalue weighted by atomic mass is 16.5. The van der Waals surface area contributed by atoms with Gasteiger partial charge >= 0.3 is 0 Å². The molecule has 4 nitrogen and oxygen atoms in total. The Hall–Kier alpha value is -2.17. The Balaban J connectivity index is 1.33. The molecule has 4 rings (SSSR count). The first-order valence-corrected chi connectivity index (χ1v) is 10.1. The van der Waals surface area contributed by atoms with Gasteiger partial charge in [-0.15, -0.1) is 0 Å². The molecule has 0 unspecified atom stereocenters. The average molecular weight is 364 g/mol. The molecule has 2 aromatic carbocycles. The first-order valence-electron chi connectivity index (χ1n) is 10.1. The Bertz CT molecular complexity index is 762. The van der Waals surface area contributed by atoms with Crippen LogP contribution in [0.3, 0.4) is 0 Å². The SMILES string of the molecule is O=C(NC[C@@H]1CN2CCC[C@H]2CO1)c1ccccc1CCc1ccccc1. The van der Waals surface area contributed by atoms with Crippen LogP contribution in [0.1, 0.15) is 34.3 Å². The molecule has 0 radical (unpaired) electrons. The number of morpholine rings is 1. The van der Waals surface area contributed by atoms with E-state index in [-0.39, 0.29) is 12.0 Å². The second-order valence-electron chi connectivity index (χ2n) is 7.60. The lowest BCUT2D eigenvalue weighted by atomic mass is 9.99. The molecule has 4 heteroatoms. The Morgan fingerprint density at radius 1 is 1.07 bits per heavy atom. The number of carbonyl (C=O) groups is 1. The second kappa shape index (κ2) is 8.68. The van der Waals surface area contributed by atoms with Gasteiger partial charge in [-0.25, -0.2) is 0 Å². The normalized spacial score (nSPS) is 22.4. The number of nitrogens with one attached hydrogen (secondary N) is 1. The van der Waals surface area contributed by atoms with E-state index >= 15 is 0 Å². The zero-order valence-corrected chi connectivity index (χ0v) is 15.8. The Morgan fingerprint density at radius 3 is 2.78 bits per heavy atom. The van der Waals surface area contributed by atoms with Crippen LogP contribution in [-0.4, -0.2) is 49.2 Å². The fourth-order valence-corrected chi connectivity index (χ4v) is 4.19. The number of aryl methyl sites for hydroxylation is 2. The molecule has 0 aromatic heterocycles. The van der Waals surface area contributed by atoms with E-state index in [9.17, 15) is 4.79 Å². The highest BCUT2D eigenvalue weighted by molar-refractivity contribution is 5.95. The molecule has 2 aliphatic heterocycles. The highest BCUT2D eigenvalue weighted by Crippen LogP contribution is 2.22. The molecule has 1 N–H and O–H groups in total. The number of rotatable bonds is 6. The smallest absolute Gasteiger partial charge is 0.251 e. The van der Waals surface area contributed by atoms with Crippen LogP contribution >= 0.6 is 0 Å². The number of benzene rings is 2. The predicted octanol–water partition coefficient (Wildman–Crippen LogP) is 3.06. The van der Waals surface area contributed by atoms with Crippen LogP contribution in [0.5, 0.6) is 0 Å². The standard InChI is InChI=1S/C23H28N2O2/c26-23(24-15-21-16-25-14-6-10-20(25)17-27-21)22-11-5-4-9-19(22)13-12-18-7-2-1-3-8-18/h1-5,7-9,11,20-21H,6,10,12-17H2,(H,24,26)/t20-,21+/m0/s1. The largest absolute Gasteiger partial charge is 0.373 e. The molecular formula is C23H28N2O2. The Kier molecular flexibility index (Phi) is 5.85. The third kappa shape index (κ3) is 4.57. The van der Waals surface area contributed by atoms with Gasteiger partial charge in [0.1, 0.15) is 0 Å². The minimum atomic E-state index is 0.00538. The number of hydrogen-bond donors (Lipinski definition) is 1. The van der Waals surface area contributed by atoms with Crippen molar-refractivity contribution in [3.63, 3.8) is 0 Å². The minimum Gasteiger partial charge on any atom is -0.373 e. The van der Waals surface area contributed by atoms with Crippen molar-refractivity contribution in [3.8, 4) is 0 Å². The van der Waals surface area contributed by atoms with Gasteiger partial charge in [-0.05, 0) is 49.4 Å². The molecule has 27 heavy (non-hydrogen) atoms. The summed E-state index contributed by atoms with van der Waals surface area (Å²) in [5.74, 6) is 0.00538. The highest BCUT2D eigenvalue weighted by Gasteiger charge is 2.32. The maximum Gasteiger partial charge on any atom is 0.251 e. The van der Waals surface area contributed by atoms with Crippen LogP contribution in [0.2, 0.25) is 0 Å². The average Bonchev–Trinajstić information content (AvgIpc) is 3.19. The first kappa shape index (κ1) is 18.2. The van der Waals surface area contributed by atoms with E-state index in [1.165, 1.54) is 24.9 Å². The van der Waals surface area contributed by atoms with Crippen molar-refractivity contribution in [2.24, 2.45) is 0 Å². The van der Waals surface area contributed by atoms with Gasteiger partial charge in [0.25, 0.3) is 5.91 Å². The lowest BCUT2D eigenvalue weighted by Crippen LogP contribution is -2.50. The van der Waals surface area contributed by atoms with Crippen LogP contribution in [0.4, 0.5) is 0 Å². The van der Waals surface area contributed by atoms with Crippen molar-refractivity contribution >= 4 is 5.91 Å². The molecule has 0 aliphatic carbocycles. The summed E-state index contributed by atoms with van der Waals surface area (Å²) in [5, 5.41) is 3.10. The number of fused-ring (bicyclic) bond motifs is 1. The summed E-state index contributed by atoms with van der Waals surface area (Å²) in [7, 11) is 0. The third-order valence-corrected chi connectivity index (χ3v) is 5.74. The van der Waals surface area contributed by atoms with Crippen molar-refractivity contribution in [1.82, 2.24) is 10.2 Å². The van der Waals surface area contributed by atoms with Gasteiger partial charge in [-0.3, -0.25) is 9.69 Å². The van der Waals surface area contributed by atoms with Gasteiger partial charge in [0.15, 0.2) is 0 Å². The van der Waals surface area contributed by atoms with E-state index in [4.69, 9.17) is 4.74 Å². The molecule has 2 aromatic rings. The van der Waals surface area contributed by atoms with Crippen molar-refractivity contribution in [1.29, 1.82) is 0 Å². The van der Waals surface area contributed by atoms with E-state index in [1.807, 2.05) is 24.3 Å². The molecule has 0 saturated carbocycles. The first-order chi connectivity index (χ1) is 13.3. The summed E-state index contributed by atoms with van der Waals surface area (Å²) >= 11 is 0. The molecule has 142 valence electrons. The second-order valence-corrected chi connectivity index (χ2v) is 7.60. The number of amides is 1. The summed E-state index contributed by atoms with van der Waals surface area (Å²) in [6.45, 7) is 3.48. The summed E-state index contributed by atoms with van der Waals surface area (Å²) in [6, 6.07) is 18.9. The molecule has 0 bridgehead atoms. The zero-order valence-electron chi connectivity index (χ0n) is 15.8. The van der Waals surface area contributed by atoms with Crippen LogP contribution in [0, 0.1) is 0 Å². The topological polar surface area (TPSA) is 41.6 Å². The van der Waals surface area contributed by atoms with Gasteiger partial charge in [-0.2, -0.15) is 0 Å². The summed E-state index contributed by atoms with van der Waals surface area (Å²) in [6.07, 6.45) is 4.41. The number of hydrogen-bond acceptors (Lipinski definition) is 3. The summed E-state index contributed by atoms with van der Waals surface area (Å²) in [5.41, 5.74) is 3.18. The Morgan fingerprint density at radius 2 is 1.89 bits per heavy atom. The third-order valence-electron chi connectivity index (χ3n) is 5.74. The van der Waals surface area contributed by atoms with E-state index < -0.39 is 0 Å². The van der Waals surface area contributed by atoms with Crippen molar-refractivity contribution in [2.45, 2.75) is 37.8 Å². The molecule has 2 saturated heterocycles. The van der Waals surface area contributed by atoms with Crippen molar-refractivity contribution in [2.75, 3.05) is 26.2 Å². The van der Waals surface area contributed by atoms with Gasteiger partial charge in [0.2, 0.25) is 0 Å². The zero-order chi connectivity index (χ0) is 18.5. The number of nitrogens with zero attached hydrogens (tertiary/aromatic N) is 1. The lowest BCUT2D eigenvalue weighted by molar-refractivity contribution is -0.0461. The molecule has 2 fully saturated rings. The Labute approximate surface area is 161 Å². The van der Waals surface area contributed by atoms with Gasteiger partial charge in [0, 0.05) is 24.7 Å². The monoisotopic (exact) mass is 364 g/mol. The maximum atomic E-state index is 12.8. The fraction of sp³-hybridized carbons (Fsp3) is 0.435. The van der Waals surface area contributed by atoms with E-state index in [1.54, 1.807) is 0 Å². The van der Waals surface area contributed by atoms with Crippen LogP contribution in [0.15, 0.2) is 54.6 Å². The lowest BCUT2D eigenvalue weighted by Gasteiger charge is -2.35. The van der Waals surface area contributed by atoms with E-state index in [2.05, 4.69) is 40.5 Å². The van der Waals surface area contributed by atoms with Crippen LogP contribution in [-0.2, 0) is 17.6 Å². The van der Waals surface area contributed by atoms with Crippen LogP contribution < -0.4 is 5.32 Å². The van der Waals surface area contributed by atoms with Crippen molar-refractivity contribution < 1.29 is 9.53 Å². The van der Waals surface area contributed by atoms with Crippen LogP contribution in [0.25, 0.3) is 0 Å². The molecule has 2 atom stereocenters. The molecule has 0 spiro atoms. The molecular weight excluding hydrogens is 336 g/mol. The minimum absolute atomic E-state index is 0.00538. The van der Waals surface area contributed by atoms with E-state index in [0.717, 1.165) is 37.1 Å². The van der Waals surface area contributed by atoms with Gasteiger partial charge < -0.3 is 10.1 Å². The predicted molar refractivity (Wildman–Crippen MR) is 107 cm³/mol. The number of ether oxygens (including phenoxy) is 1. The van der Waals surface area contributed by atoms with E-state index in [0.29, 0.717) is 12.6 Å². The quantitative estimate of drug-likeness (QED) is 0.857.